The summed E-state index contributed by atoms with van der Waals surface area (Å²) in [6, 6.07) is 18.5. The second-order valence-electron chi connectivity index (χ2n) is 8.23. The predicted molar refractivity (Wildman–Crippen MR) is 124 cm³/mol. The summed E-state index contributed by atoms with van der Waals surface area (Å²) in [5.41, 5.74) is 1.78. The number of aryl methyl sites for hydroxylation is 1. The third-order valence-electron chi connectivity index (χ3n) is 5.98. The number of para-hydroxylation sites is 1. The van der Waals surface area contributed by atoms with E-state index < -0.39 is 0 Å². The molecule has 1 atom stereocenters. The van der Waals surface area contributed by atoms with Crippen molar-refractivity contribution in [3.63, 3.8) is 0 Å². The Morgan fingerprint density at radius 2 is 1.76 bits per heavy atom. The van der Waals surface area contributed by atoms with E-state index in [0.717, 1.165) is 18.6 Å². The minimum Gasteiger partial charge on any atom is -0.457 e. The molecule has 1 aliphatic heterocycles. The van der Waals surface area contributed by atoms with Crippen LogP contribution in [0.5, 0.6) is 11.5 Å². The maximum Gasteiger partial charge on any atom is 0.272 e. The maximum atomic E-state index is 13.3. The Morgan fingerprint density at radius 3 is 2.55 bits per heavy atom. The van der Waals surface area contributed by atoms with Gasteiger partial charge >= 0.3 is 0 Å². The number of hydrogen-bond acceptors (Lipinski definition) is 5. The first-order chi connectivity index (χ1) is 16.1. The molecule has 2 aromatic heterocycles. The van der Waals surface area contributed by atoms with Crippen molar-refractivity contribution >= 4 is 17.5 Å². The molecule has 3 heterocycles. The van der Waals surface area contributed by atoms with Crippen LogP contribution in [-0.4, -0.2) is 44.0 Å². The molecule has 2 aromatic carbocycles. The van der Waals surface area contributed by atoms with Crippen LogP contribution in [0.1, 0.15) is 39.4 Å². The van der Waals surface area contributed by atoms with Crippen LogP contribution in [0.4, 0.5) is 0 Å². The van der Waals surface area contributed by atoms with Gasteiger partial charge in [0.05, 0.1) is 5.69 Å². The molecular formula is C26H24N4O3. The molecule has 1 amide bonds. The number of rotatable bonds is 5. The Morgan fingerprint density at radius 1 is 1.00 bits per heavy atom. The lowest BCUT2D eigenvalue weighted by Gasteiger charge is -2.32. The number of nitrogens with zero attached hydrogens (tertiary/aromatic N) is 4. The number of fused-ring (bicyclic) bond motifs is 1. The van der Waals surface area contributed by atoms with Gasteiger partial charge in [-0.1, -0.05) is 18.2 Å². The smallest absolute Gasteiger partial charge is 0.272 e. The van der Waals surface area contributed by atoms with Crippen molar-refractivity contribution in [2.24, 2.45) is 5.92 Å². The fourth-order valence-electron chi connectivity index (χ4n) is 4.33. The summed E-state index contributed by atoms with van der Waals surface area (Å²) in [6.07, 6.45) is 4.99. The van der Waals surface area contributed by atoms with Crippen molar-refractivity contribution in [1.29, 1.82) is 0 Å². The van der Waals surface area contributed by atoms with E-state index in [1.807, 2.05) is 37.3 Å². The first kappa shape index (κ1) is 20.9. The van der Waals surface area contributed by atoms with Gasteiger partial charge in [-0.15, -0.1) is 0 Å². The van der Waals surface area contributed by atoms with Gasteiger partial charge in [0.2, 0.25) is 5.78 Å². The highest BCUT2D eigenvalue weighted by atomic mass is 16.5. The van der Waals surface area contributed by atoms with Crippen LogP contribution in [0, 0.1) is 12.8 Å². The van der Waals surface area contributed by atoms with E-state index in [1.165, 1.54) is 0 Å². The van der Waals surface area contributed by atoms with Gasteiger partial charge in [-0.05, 0) is 62.2 Å². The van der Waals surface area contributed by atoms with Gasteiger partial charge in [-0.2, -0.15) is 0 Å². The normalized spacial score (nSPS) is 16.0. The second-order valence-corrected chi connectivity index (χ2v) is 8.23. The number of imidazole rings is 1. The SMILES string of the molecule is Cc1nc2ncccn2c1C(=O)N1CCC[C@@H](C(=O)c2ccc(Oc3ccccc3)cc2)C1. The lowest BCUT2D eigenvalue weighted by atomic mass is 9.90. The number of amides is 1. The molecular weight excluding hydrogens is 416 g/mol. The standard InChI is InChI=1S/C26H24N4O3/c1-18-23(30-16-6-14-27-26(30)28-18)25(32)29-15-5-7-20(17-29)24(31)19-10-12-22(13-11-19)33-21-8-3-2-4-9-21/h2-4,6,8-14,16,20H,5,7,15,17H2,1H3/t20-/m1/s1. The third-order valence-corrected chi connectivity index (χ3v) is 5.98. The number of ketones is 1. The first-order valence-corrected chi connectivity index (χ1v) is 11.1. The lowest BCUT2D eigenvalue weighted by molar-refractivity contribution is 0.0630. The average Bonchev–Trinajstić information content (AvgIpc) is 3.20. The summed E-state index contributed by atoms with van der Waals surface area (Å²) in [5.74, 6) is 1.63. The first-order valence-electron chi connectivity index (χ1n) is 11.1. The van der Waals surface area contributed by atoms with Gasteiger partial charge in [0.15, 0.2) is 5.78 Å². The summed E-state index contributed by atoms with van der Waals surface area (Å²) in [7, 11) is 0. The van der Waals surface area contributed by atoms with Crippen LogP contribution >= 0.6 is 0 Å². The molecule has 0 N–H and O–H groups in total. The minimum atomic E-state index is -0.235. The monoisotopic (exact) mass is 440 g/mol. The number of benzene rings is 2. The summed E-state index contributed by atoms with van der Waals surface area (Å²) in [5, 5.41) is 0. The van der Waals surface area contributed by atoms with Gasteiger partial charge in [-0.25, -0.2) is 9.97 Å². The molecule has 1 aliphatic rings. The fourth-order valence-corrected chi connectivity index (χ4v) is 4.33. The lowest BCUT2D eigenvalue weighted by Crippen LogP contribution is -2.43. The molecule has 5 rings (SSSR count). The van der Waals surface area contributed by atoms with E-state index in [2.05, 4.69) is 9.97 Å². The van der Waals surface area contributed by atoms with E-state index in [-0.39, 0.29) is 17.6 Å². The summed E-state index contributed by atoms with van der Waals surface area (Å²) in [6.45, 7) is 2.83. The number of carbonyl (C=O) groups is 2. The zero-order chi connectivity index (χ0) is 22.8. The topological polar surface area (TPSA) is 76.8 Å². The second kappa shape index (κ2) is 8.86. The van der Waals surface area contributed by atoms with Crippen LogP contribution in [0.15, 0.2) is 73.1 Å². The Hall–Kier alpha value is -4.00. The van der Waals surface area contributed by atoms with Crippen molar-refractivity contribution in [3.05, 3.63) is 90.0 Å². The van der Waals surface area contributed by atoms with Crippen molar-refractivity contribution in [2.75, 3.05) is 13.1 Å². The number of hydrogen-bond donors (Lipinski definition) is 0. The van der Waals surface area contributed by atoms with Crippen molar-refractivity contribution in [1.82, 2.24) is 19.3 Å². The highest BCUT2D eigenvalue weighted by molar-refractivity contribution is 5.99. The van der Waals surface area contributed by atoms with Crippen LogP contribution in [0.25, 0.3) is 5.78 Å². The van der Waals surface area contributed by atoms with Gasteiger partial charge in [-0.3, -0.25) is 14.0 Å². The molecule has 0 radical (unpaired) electrons. The molecule has 4 aromatic rings. The Kier molecular flexibility index (Phi) is 5.60. The zero-order valence-corrected chi connectivity index (χ0v) is 18.3. The molecule has 7 nitrogen and oxygen atoms in total. The molecule has 33 heavy (non-hydrogen) atoms. The molecule has 166 valence electrons. The largest absolute Gasteiger partial charge is 0.457 e. The number of likely N-dealkylation sites (tertiary alicyclic amines) is 1. The number of Topliss-reactive ketones (excluding diaryl/α,β-unsaturated/α-hetero) is 1. The molecule has 0 saturated carbocycles. The molecule has 0 aliphatic carbocycles. The van der Waals surface area contributed by atoms with E-state index in [9.17, 15) is 9.59 Å². The number of piperidine rings is 1. The number of ether oxygens (including phenoxy) is 1. The van der Waals surface area contributed by atoms with Gasteiger partial charge in [0.25, 0.3) is 5.91 Å². The van der Waals surface area contributed by atoms with E-state index in [1.54, 1.807) is 52.0 Å². The van der Waals surface area contributed by atoms with Crippen LogP contribution in [-0.2, 0) is 0 Å². The molecule has 0 bridgehead atoms. The summed E-state index contributed by atoms with van der Waals surface area (Å²) >= 11 is 0. The Balaban J connectivity index is 1.29. The Bertz CT molecular complexity index is 1300. The van der Waals surface area contributed by atoms with Gasteiger partial charge in [0, 0.05) is 37.0 Å². The van der Waals surface area contributed by atoms with Crippen molar-refractivity contribution < 1.29 is 14.3 Å². The molecule has 0 unspecified atom stereocenters. The van der Waals surface area contributed by atoms with E-state index in [4.69, 9.17) is 4.74 Å². The molecule has 1 saturated heterocycles. The van der Waals surface area contributed by atoms with Crippen LogP contribution < -0.4 is 4.74 Å². The Labute approximate surface area is 191 Å². The zero-order valence-electron chi connectivity index (χ0n) is 18.3. The minimum absolute atomic E-state index is 0.0512. The summed E-state index contributed by atoms with van der Waals surface area (Å²) in [4.78, 5) is 36.9. The predicted octanol–water partition coefficient (Wildman–Crippen LogP) is 4.57. The maximum absolute atomic E-state index is 13.3. The highest BCUT2D eigenvalue weighted by Gasteiger charge is 2.31. The fraction of sp³-hybridized carbons (Fsp3) is 0.231. The van der Waals surface area contributed by atoms with Crippen molar-refractivity contribution in [3.8, 4) is 11.5 Å². The molecule has 7 heteroatoms. The van der Waals surface area contributed by atoms with Crippen molar-refractivity contribution in [2.45, 2.75) is 19.8 Å². The van der Waals surface area contributed by atoms with Gasteiger partial charge < -0.3 is 9.64 Å². The summed E-state index contributed by atoms with van der Waals surface area (Å²) < 4.78 is 7.53. The third kappa shape index (κ3) is 4.22. The van der Waals surface area contributed by atoms with Crippen LogP contribution in [0.3, 0.4) is 0 Å². The van der Waals surface area contributed by atoms with E-state index >= 15 is 0 Å². The molecule has 0 spiro atoms. The van der Waals surface area contributed by atoms with E-state index in [0.29, 0.717) is 41.6 Å². The highest BCUT2D eigenvalue weighted by Crippen LogP contribution is 2.26. The average molecular weight is 441 g/mol. The number of carbonyl (C=O) groups excluding carboxylic acids is 2. The quantitative estimate of drug-likeness (QED) is 0.425. The van der Waals surface area contributed by atoms with Crippen LogP contribution in [0.2, 0.25) is 0 Å². The van der Waals surface area contributed by atoms with Gasteiger partial charge in [0.1, 0.15) is 17.2 Å². The molecule has 1 fully saturated rings. The number of aromatic nitrogens is 3.